The van der Waals surface area contributed by atoms with Gasteiger partial charge in [0.2, 0.25) is 0 Å². The van der Waals surface area contributed by atoms with Crippen LogP contribution >= 0.6 is 11.8 Å². The molecule has 0 spiro atoms. The standard InChI is InChI=1S/C17H26N2O2S/c1-12(2)21-10-14-6-5-7-16(13(14)3)18-17(20)19(4)15-8-9-22-11-15/h5-7,12,15H,8-11H2,1-4H3,(H,18,20). The van der Waals surface area contributed by atoms with Crippen LogP contribution in [0.15, 0.2) is 18.2 Å². The molecule has 1 atom stereocenters. The maximum atomic E-state index is 12.4. The monoisotopic (exact) mass is 322 g/mol. The number of amides is 2. The highest BCUT2D eigenvalue weighted by Gasteiger charge is 2.24. The summed E-state index contributed by atoms with van der Waals surface area (Å²) in [6, 6.07) is 6.27. The highest BCUT2D eigenvalue weighted by Crippen LogP contribution is 2.24. The van der Waals surface area contributed by atoms with Crippen LogP contribution in [0.1, 0.15) is 31.4 Å². The molecule has 0 saturated carbocycles. The Kier molecular flexibility index (Phi) is 6.15. The lowest BCUT2D eigenvalue weighted by molar-refractivity contribution is 0.0654. The molecule has 1 saturated heterocycles. The van der Waals surface area contributed by atoms with Gasteiger partial charge >= 0.3 is 6.03 Å². The fourth-order valence-electron chi connectivity index (χ4n) is 2.43. The van der Waals surface area contributed by atoms with Gasteiger partial charge in [-0.05, 0) is 50.1 Å². The van der Waals surface area contributed by atoms with E-state index in [1.165, 1.54) is 0 Å². The van der Waals surface area contributed by atoms with Crippen LogP contribution in [0.3, 0.4) is 0 Å². The number of carbonyl (C=O) groups is 1. The van der Waals surface area contributed by atoms with Crippen LogP contribution in [0.4, 0.5) is 10.5 Å². The minimum absolute atomic E-state index is 0.0301. The number of carbonyl (C=O) groups excluding carboxylic acids is 1. The molecule has 1 aromatic rings. The van der Waals surface area contributed by atoms with E-state index in [2.05, 4.69) is 5.32 Å². The number of hydrogen-bond donors (Lipinski definition) is 1. The molecule has 4 nitrogen and oxygen atoms in total. The molecule has 1 unspecified atom stereocenters. The lowest BCUT2D eigenvalue weighted by atomic mass is 10.1. The van der Waals surface area contributed by atoms with Crippen molar-refractivity contribution in [2.24, 2.45) is 0 Å². The minimum atomic E-state index is -0.0301. The Morgan fingerprint density at radius 1 is 1.50 bits per heavy atom. The summed E-state index contributed by atoms with van der Waals surface area (Å²) >= 11 is 1.91. The van der Waals surface area contributed by atoms with Crippen molar-refractivity contribution >= 4 is 23.5 Å². The summed E-state index contributed by atoms with van der Waals surface area (Å²) in [5, 5.41) is 3.04. The summed E-state index contributed by atoms with van der Waals surface area (Å²) in [5.74, 6) is 2.18. The molecule has 22 heavy (non-hydrogen) atoms. The molecule has 1 fully saturated rings. The van der Waals surface area contributed by atoms with E-state index < -0.39 is 0 Å². The van der Waals surface area contributed by atoms with Crippen molar-refractivity contribution in [1.29, 1.82) is 0 Å². The Hall–Kier alpha value is -1.20. The van der Waals surface area contributed by atoms with Crippen LogP contribution in [0, 0.1) is 6.92 Å². The van der Waals surface area contributed by atoms with Crippen molar-refractivity contribution in [3.05, 3.63) is 29.3 Å². The van der Waals surface area contributed by atoms with E-state index in [-0.39, 0.29) is 12.1 Å². The first-order chi connectivity index (χ1) is 10.5. The Labute approximate surface area is 137 Å². The third-order valence-electron chi connectivity index (χ3n) is 4.03. The Morgan fingerprint density at radius 2 is 2.27 bits per heavy atom. The first kappa shape index (κ1) is 17.2. The largest absolute Gasteiger partial charge is 0.374 e. The quantitative estimate of drug-likeness (QED) is 0.894. The van der Waals surface area contributed by atoms with Crippen molar-refractivity contribution in [2.45, 2.75) is 45.9 Å². The second-order valence-corrected chi connectivity index (χ2v) is 7.16. The molecule has 1 aliphatic heterocycles. The molecule has 0 aliphatic carbocycles. The summed E-state index contributed by atoms with van der Waals surface area (Å²) in [7, 11) is 1.88. The minimum Gasteiger partial charge on any atom is -0.374 e. The second-order valence-electron chi connectivity index (χ2n) is 6.01. The molecule has 2 amide bonds. The van der Waals surface area contributed by atoms with Crippen LogP contribution in [-0.4, -0.2) is 41.6 Å². The van der Waals surface area contributed by atoms with Crippen molar-refractivity contribution in [2.75, 3.05) is 23.9 Å². The number of nitrogens with zero attached hydrogens (tertiary/aromatic N) is 1. The zero-order valence-electron chi connectivity index (χ0n) is 13.9. The molecular weight excluding hydrogens is 296 g/mol. The van der Waals surface area contributed by atoms with Gasteiger partial charge in [0.25, 0.3) is 0 Å². The van der Waals surface area contributed by atoms with Crippen LogP contribution < -0.4 is 5.32 Å². The van der Waals surface area contributed by atoms with Crippen LogP contribution in [-0.2, 0) is 11.3 Å². The van der Waals surface area contributed by atoms with Gasteiger partial charge in [-0.1, -0.05) is 12.1 Å². The predicted octanol–water partition coefficient (Wildman–Crippen LogP) is 3.89. The third kappa shape index (κ3) is 4.40. The molecule has 1 N–H and O–H groups in total. The van der Waals surface area contributed by atoms with Gasteiger partial charge in [0.05, 0.1) is 12.7 Å². The Balaban J connectivity index is 2.02. The van der Waals surface area contributed by atoms with Gasteiger partial charge in [-0.15, -0.1) is 0 Å². The zero-order chi connectivity index (χ0) is 16.1. The first-order valence-corrected chi connectivity index (χ1v) is 8.96. The Bertz CT molecular complexity index is 513. The number of hydrogen-bond acceptors (Lipinski definition) is 3. The average molecular weight is 322 g/mol. The number of ether oxygens (including phenoxy) is 1. The molecule has 1 aromatic carbocycles. The van der Waals surface area contributed by atoms with Crippen molar-refractivity contribution in [3.63, 3.8) is 0 Å². The smallest absolute Gasteiger partial charge is 0.321 e. The van der Waals surface area contributed by atoms with E-state index in [9.17, 15) is 4.79 Å². The van der Waals surface area contributed by atoms with E-state index >= 15 is 0 Å². The number of benzene rings is 1. The second kappa shape index (κ2) is 7.88. The molecule has 1 heterocycles. The van der Waals surface area contributed by atoms with Gasteiger partial charge in [-0.3, -0.25) is 0 Å². The van der Waals surface area contributed by atoms with E-state index in [4.69, 9.17) is 4.74 Å². The topological polar surface area (TPSA) is 41.6 Å². The Morgan fingerprint density at radius 3 is 2.91 bits per heavy atom. The van der Waals surface area contributed by atoms with Crippen molar-refractivity contribution in [3.8, 4) is 0 Å². The SMILES string of the molecule is Cc1c(COC(C)C)cccc1NC(=O)N(C)C1CCSC1. The summed E-state index contributed by atoms with van der Waals surface area (Å²) in [6.45, 7) is 6.65. The number of urea groups is 1. The van der Waals surface area contributed by atoms with Crippen LogP contribution in [0.2, 0.25) is 0 Å². The fraction of sp³-hybridized carbons (Fsp3) is 0.588. The van der Waals surface area contributed by atoms with Crippen molar-refractivity contribution in [1.82, 2.24) is 4.90 Å². The molecule has 0 aromatic heterocycles. The van der Waals surface area contributed by atoms with E-state index in [1.54, 1.807) is 0 Å². The number of thioether (sulfide) groups is 1. The van der Waals surface area contributed by atoms with Gasteiger partial charge in [0.15, 0.2) is 0 Å². The molecular formula is C17H26N2O2S. The maximum Gasteiger partial charge on any atom is 0.321 e. The molecule has 5 heteroatoms. The summed E-state index contributed by atoms with van der Waals surface area (Å²) < 4.78 is 5.67. The van der Waals surface area contributed by atoms with E-state index in [1.807, 2.05) is 62.7 Å². The lowest BCUT2D eigenvalue weighted by Gasteiger charge is -2.25. The van der Waals surface area contributed by atoms with Gasteiger partial charge in [-0.2, -0.15) is 11.8 Å². The molecule has 2 rings (SSSR count). The van der Waals surface area contributed by atoms with Crippen molar-refractivity contribution < 1.29 is 9.53 Å². The molecule has 0 bridgehead atoms. The number of rotatable bonds is 5. The third-order valence-corrected chi connectivity index (χ3v) is 5.18. The average Bonchev–Trinajstić information content (AvgIpc) is 3.01. The summed E-state index contributed by atoms with van der Waals surface area (Å²) in [4.78, 5) is 14.2. The number of anilines is 1. The van der Waals surface area contributed by atoms with Crippen LogP contribution in [0.25, 0.3) is 0 Å². The first-order valence-electron chi connectivity index (χ1n) is 7.80. The summed E-state index contributed by atoms with van der Waals surface area (Å²) in [5.41, 5.74) is 3.06. The fourth-order valence-corrected chi connectivity index (χ4v) is 3.70. The normalized spacial score (nSPS) is 17.8. The van der Waals surface area contributed by atoms with E-state index in [0.717, 1.165) is 34.7 Å². The van der Waals surface area contributed by atoms with Crippen LogP contribution in [0.5, 0.6) is 0 Å². The lowest BCUT2D eigenvalue weighted by Crippen LogP contribution is -2.40. The molecule has 1 aliphatic rings. The number of nitrogens with one attached hydrogen (secondary N) is 1. The van der Waals surface area contributed by atoms with Gasteiger partial charge < -0.3 is 15.0 Å². The maximum absolute atomic E-state index is 12.4. The highest BCUT2D eigenvalue weighted by atomic mass is 32.2. The zero-order valence-corrected chi connectivity index (χ0v) is 14.7. The summed E-state index contributed by atoms with van der Waals surface area (Å²) in [6.07, 6.45) is 1.28. The van der Waals surface area contributed by atoms with Gasteiger partial charge in [-0.25, -0.2) is 4.79 Å². The molecule has 0 radical (unpaired) electrons. The van der Waals surface area contributed by atoms with Gasteiger partial charge in [0, 0.05) is 24.5 Å². The van der Waals surface area contributed by atoms with Gasteiger partial charge in [0.1, 0.15) is 0 Å². The predicted molar refractivity (Wildman–Crippen MR) is 93.6 cm³/mol. The van der Waals surface area contributed by atoms with E-state index in [0.29, 0.717) is 12.6 Å². The molecule has 122 valence electrons. The highest BCUT2D eigenvalue weighted by molar-refractivity contribution is 7.99.